The van der Waals surface area contributed by atoms with Crippen molar-refractivity contribution in [1.82, 2.24) is 0 Å². The van der Waals surface area contributed by atoms with Gasteiger partial charge in [0.1, 0.15) is 31.0 Å². The van der Waals surface area contributed by atoms with Gasteiger partial charge in [-0.2, -0.15) is 0 Å². The maximum absolute atomic E-state index is 12.0. The largest absolute Gasteiger partial charge is 0.463 e. The molecule has 134 valence electrons. The highest BCUT2D eigenvalue weighted by Gasteiger charge is 2.43. The number of hydrogen-bond acceptors (Lipinski definition) is 7. The molecule has 3 rings (SSSR count). The van der Waals surface area contributed by atoms with E-state index in [1.54, 1.807) is 0 Å². The molecule has 7 nitrogen and oxygen atoms in total. The number of fused-ring (bicyclic) bond motifs is 1. The third kappa shape index (κ3) is 3.97. The minimum atomic E-state index is -1.65. The maximum atomic E-state index is 12.0. The van der Waals surface area contributed by atoms with Crippen LogP contribution in [0.15, 0.2) is 42.5 Å². The Labute approximate surface area is 144 Å². The molecule has 0 aromatic heterocycles. The van der Waals surface area contributed by atoms with E-state index in [0.29, 0.717) is 0 Å². The lowest BCUT2D eigenvalue weighted by Crippen LogP contribution is -2.58. The van der Waals surface area contributed by atoms with Crippen molar-refractivity contribution >= 4 is 16.7 Å². The quantitative estimate of drug-likeness (QED) is 0.562. The number of carbonyl (C=O) groups is 1. The van der Waals surface area contributed by atoms with Crippen LogP contribution in [-0.4, -0.2) is 63.7 Å². The fourth-order valence-electron chi connectivity index (χ4n) is 2.81. The van der Waals surface area contributed by atoms with Crippen molar-refractivity contribution in [3.05, 3.63) is 48.0 Å². The Kier molecular flexibility index (Phi) is 5.31. The van der Waals surface area contributed by atoms with Crippen molar-refractivity contribution in [2.24, 2.45) is 0 Å². The van der Waals surface area contributed by atoms with Gasteiger partial charge >= 0.3 is 5.97 Å². The molecule has 7 heteroatoms. The van der Waals surface area contributed by atoms with Crippen LogP contribution in [0.3, 0.4) is 0 Å². The Balaban J connectivity index is 1.57. The van der Waals surface area contributed by atoms with Crippen LogP contribution < -0.4 is 0 Å². The molecular weight excluding hydrogens is 328 g/mol. The Morgan fingerprint density at radius 3 is 2.44 bits per heavy atom. The van der Waals surface area contributed by atoms with Gasteiger partial charge in [-0.25, -0.2) is 0 Å². The number of rotatable bonds is 4. The van der Waals surface area contributed by atoms with Gasteiger partial charge in [-0.05, 0) is 16.3 Å². The summed E-state index contributed by atoms with van der Waals surface area (Å²) in [5.74, 6) is -0.527. The molecule has 0 bridgehead atoms. The van der Waals surface area contributed by atoms with Crippen LogP contribution in [0.5, 0.6) is 0 Å². The van der Waals surface area contributed by atoms with E-state index >= 15 is 0 Å². The highest BCUT2D eigenvalue weighted by molar-refractivity contribution is 5.84. The molecule has 0 radical (unpaired) electrons. The predicted octanol–water partition coefficient (Wildman–Crippen LogP) is -0.275. The van der Waals surface area contributed by atoms with E-state index in [-0.39, 0.29) is 13.0 Å². The minimum absolute atomic E-state index is 0.0430. The SMILES string of the molecule is O=C(Cc1ccc2ccccc2c1)OC[C@H]1O[C@@H](O)[C@H](O)[C@H](O)[C@@H]1O. The minimum Gasteiger partial charge on any atom is -0.463 e. The third-order valence-electron chi connectivity index (χ3n) is 4.26. The first kappa shape index (κ1) is 17.8. The van der Waals surface area contributed by atoms with E-state index in [1.807, 2.05) is 42.5 Å². The molecule has 0 saturated carbocycles. The summed E-state index contributed by atoms with van der Waals surface area (Å²) in [5.41, 5.74) is 0.782. The smallest absolute Gasteiger partial charge is 0.310 e. The first-order valence-electron chi connectivity index (χ1n) is 7.97. The standard InChI is InChI=1S/C18H20O7/c19-14(8-10-5-6-11-3-1-2-4-12(11)7-10)24-9-13-15(20)16(21)17(22)18(23)25-13/h1-7,13,15-18,20-23H,8-9H2/t13-,15-,16-,17-,18-/m1/s1. The van der Waals surface area contributed by atoms with Gasteiger partial charge in [-0.15, -0.1) is 0 Å². The molecule has 0 unspecified atom stereocenters. The van der Waals surface area contributed by atoms with Gasteiger partial charge in [0.2, 0.25) is 0 Å². The average molecular weight is 348 g/mol. The Bertz CT molecular complexity index is 747. The zero-order valence-corrected chi connectivity index (χ0v) is 13.4. The third-order valence-corrected chi connectivity index (χ3v) is 4.26. The molecule has 5 atom stereocenters. The van der Waals surface area contributed by atoms with Crippen LogP contribution in [-0.2, 0) is 20.7 Å². The molecule has 0 aliphatic carbocycles. The highest BCUT2D eigenvalue weighted by atomic mass is 16.6. The van der Waals surface area contributed by atoms with Gasteiger partial charge in [0.15, 0.2) is 6.29 Å². The van der Waals surface area contributed by atoms with Gasteiger partial charge in [0.05, 0.1) is 6.42 Å². The number of carbonyl (C=O) groups excluding carboxylic acids is 1. The molecule has 1 aliphatic rings. The van der Waals surface area contributed by atoms with E-state index < -0.39 is 36.7 Å². The summed E-state index contributed by atoms with van der Waals surface area (Å²) >= 11 is 0. The molecule has 1 saturated heterocycles. The summed E-state index contributed by atoms with van der Waals surface area (Å²) in [6, 6.07) is 13.4. The van der Waals surface area contributed by atoms with Crippen LogP contribution in [0.1, 0.15) is 5.56 Å². The molecule has 0 spiro atoms. The van der Waals surface area contributed by atoms with Gasteiger partial charge in [0.25, 0.3) is 0 Å². The lowest BCUT2D eigenvalue weighted by Gasteiger charge is -2.37. The number of ether oxygens (including phenoxy) is 2. The van der Waals surface area contributed by atoms with Gasteiger partial charge in [0, 0.05) is 0 Å². The average Bonchev–Trinajstić information content (AvgIpc) is 2.61. The van der Waals surface area contributed by atoms with Crippen molar-refractivity contribution in [3.8, 4) is 0 Å². The van der Waals surface area contributed by atoms with E-state index in [9.17, 15) is 25.2 Å². The van der Waals surface area contributed by atoms with Crippen molar-refractivity contribution in [2.45, 2.75) is 37.1 Å². The predicted molar refractivity (Wildman–Crippen MR) is 87.5 cm³/mol. The molecule has 0 amide bonds. The number of benzene rings is 2. The lowest BCUT2D eigenvalue weighted by atomic mass is 9.99. The van der Waals surface area contributed by atoms with Crippen LogP contribution in [0.25, 0.3) is 10.8 Å². The van der Waals surface area contributed by atoms with Crippen LogP contribution in [0, 0.1) is 0 Å². The van der Waals surface area contributed by atoms with Gasteiger partial charge in [-0.3, -0.25) is 4.79 Å². The fourth-order valence-corrected chi connectivity index (χ4v) is 2.81. The molecule has 4 N–H and O–H groups in total. The Morgan fingerprint density at radius 2 is 1.68 bits per heavy atom. The van der Waals surface area contributed by atoms with E-state index in [4.69, 9.17) is 9.47 Å². The summed E-state index contributed by atoms with van der Waals surface area (Å²) in [6.07, 6.45) is -7.38. The van der Waals surface area contributed by atoms with Crippen molar-refractivity contribution in [2.75, 3.05) is 6.61 Å². The molecular formula is C18H20O7. The fraction of sp³-hybridized carbons (Fsp3) is 0.389. The Morgan fingerprint density at radius 1 is 0.960 bits per heavy atom. The number of hydrogen-bond donors (Lipinski definition) is 4. The van der Waals surface area contributed by atoms with Crippen LogP contribution in [0.2, 0.25) is 0 Å². The van der Waals surface area contributed by atoms with E-state index in [1.165, 1.54) is 0 Å². The number of esters is 1. The summed E-state index contributed by atoms with van der Waals surface area (Å²) in [5, 5.41) is 40.4. The summed E-state index contributed by atoms with van der Waals surface area (Å²) in [6.45, 7) is -0.339. The summed E-state index contributed by atoms with van der Waals surface area (Å²) < 4.78 is 10.0. The summed E-state index contributed by atoms with van der Waals surface area (Å²) in [4.78, 5) is 12.0. The first-order chi connectivity index (χ1) is 12.0. The zero-order chi connectivity index (χ0) is 18.0. The normalized spacial score (nSPS) is 29.5. The highest BCUT2D eigenvalue weighted by Crippen LogP contribution is 2.20. The second-order valence-corrected chi connectivity index (χ2v) is 6.08. The van der Waals surface area contributed by atoms with Crippen LogP contribution >= 0.6 is 0 Å². The van der Waals surface area contributed by atoms with E-state index in [0.717, 1.165) is 16.3 Å². The van der Waals surface area contributed by atoms with Crippen molar-refractivity contribution < 1.29 is 34.7 Å². The second-order valence-electron chi connectivity index (χ2n) is 6.08. The van der Waals surface area contributed by atoms with Crippen molar-refractivity contribution in [3.63, 3.8) is 0 Å². The van der Waals surface area contributed by atoms with E-state index in [2.05, 4.69) is 0 Å². The van der Waals surface area contributed by atoms with Crippen LogP contribution in [0.4, 0.5) is 0 Å². The molecule has 25 heavy (non-hydrogen) atoms. The molecule has 1 heterocycles. The lowest BCUT2D eigenvalue weighted by molar-refractivity contribution is -0.287. The molecule has 2 aromatic carbocycles. The number of aliphatic hydroxyl groups excluding tert-OH is 4. The first-order valence-corrected chi connectivity index (χ1v) is 7.97. The second kappa shape index (κ2) is 7.47. The van der Waals surface area contributed by atoms with Gasteiger partial charge < -0.3 is 29.9 Å². The molecule has 1 aliphatic heterocycles. The Hall–Kier alpha value is -2.03. The molecule has 1 fully saturated rings. The maximum Gasteiger partial charge on any atom is 0.310 e. The summed E-state index contributed by atoms with van der Waals surface area (Å²) in [7, 11) is 0. The van der Waals surface area contributed by atoms with Crippen molar-refractivity contribution in [1.29, 1.82) is 0 Å². The zero-order valence-electron chi connectivity index (χ0n) is 13.4. The monoisotopic (exact) mass is 348 g/mol. The topological polar surface area (TPSA) is 116 Å². The number of aliphatic hydroxyl groups is 4. The molecule has 2 aromatic rings. The van der Waals surface area contributed by atoms with Gasteiger partial charge in [-0.1, -0.05) is 42.5 Å².